The Morgan fingerprint density at radius 2 is 1.74 bits per heavy atom. The molecule has 0 bridgehead atoms. The van der Waals surface area contributed by atoms with Gasteiger partial charge in [-0.25, -0.2) is 0 Å². The first-order valence-electron chi connectivity index (χ1n) is 8.49. The number of hydrogen-bond acceptors (Lipinski definition) is 3. The number of hydrogen-bond donors (Lipinski definition) is 1. The lowest BCUT2D eigenvalue weighted by atomic mass is 10.2. The van der Waals surface area contributed by atoms with Crippen molar-refractivity contribution >= 4 is 35.1 Å². The van der Waals surface area contributed by atoms with E-state index in [1.54, 1.807) is 6.21 Å². The van der Waals surface area contributed by atoms with Gasteiger partial charge in [-0.1, -0.05) is 41.9 Å². The van der Waals surface area contributed by atoms with Gasteiger partial charge in [-0.05, 0) is 42.5 Å². The van der Waals surface area contributed by atoms with Crippen LogP contribution in [0.1, 0.15) is 18.1 Å². The molecule has 0 saturated carbocycles. The molecule has 0 spiro atoms. The second-order valence-electron chi connectivity index (χ2n) is 5.90. The third kappa shape index (κ3) is 5.43. The van der Waals surface area contributed by atoms with Crippen molar-refractivity contribution in [2.75, 3.05) is 5.32 Å². The standard InChI is InChI=1S/C22H19ClN2O2/c1-16(26)25-20-12-10-19(11-13-20)24-14-17-6-3-5-9-22(17)27-15-18-7-2-4-8-21(18)23/h2-14H,15H2,1H3,(H,25,26). The van der Waals surface area contributed by atoms with Gasteiger partial charge in [-0.15, -0.1) is 0 Å². The summed E-state index contributed by atoms with van der Waals surface area (Å²) in [5.74, 6) is 0.631. The van der Waals surface area contributed by atoms with E-state index in [0.717, 1.165) is 28.3 Å². The molecule has 5 heteroatoms. The normalized spacial score (nSPS) is 10.7. The zero-order valence-corrected chi connectivity index (χ0v) is 15.6. The number of benzene rings is 3. The van der Waals surface area contributed by atoms with Gasteiger partial charge in [0.25, 0.3) is 0 Å². The Hall–Kier alpha value is -3.11. The number of ether oxygens (including phenoxy) is 1. The molecule has 27 heavy (non-hydrogen) atoms. The maximum atomic E-state index is 11.1. The Morgan fingerprint density at radius 1 is 1.04 bits per heavy atom. The Kier molecular flexibility index (Phi) is 6.23. The van der Waals surface area contributed by atoms with Gasteiger partial charge in [0.1, 0.15) is 12.4 Å². The van der Waals surface area contributed by atoms with Crippen molar-refractivity contribution in [3.63, 3.8) is 0 Å². The highest BCUT2D eigenvalue weighted by Gasteiger charge is 2.04. The summed E-state index contributed by atoms with van der Waals surface area (Å²) < 4.78 is 5.93. The average Bonchev–Trinajstić information content (AvgIpc) is 2.67. The number of carbonyl (C=O) groups is 1. The summed E-state index contributed by atoms with van der Waals surface area (Å²) in [5, 5.41) is 3.41. The molecule has 0 unspecified atom stereocenters. The highest BCUT2D eigenvalue weighted by atomic mass is 35.5. The zero-order valence-electron chi connectivity index (χ0n) is 14.9. The predicted octanol–water partition coefficient (Wildman–Crippen LogP) is 5.63. The molecule has 4 nitrogen and oxygen atoms in total. The number of anilines is 1. The summed E-state index contributed by atoms with van der Waals surface area (Å²) >= 11 is 6.18. The number of amides is 1. The van der Waals surface area contributed by atoms with Gasteiger partial charge in [-0.3, -0.25) is 9.79 Å². The van der Waals surface area contributed by atoms with Crippen molar-refractivity contribution in [2.24, 2.45) is 4.99 Å². The molecule has 1 N–H and O–H groups in total. The van der Waals surface area contributed by atoms with E-state index in [9.17, 15) is 4.79 Å². The summed E-state index contributed by atoms with van der Waals surface area (Å²) in [4.78, 5) is 15.6. The average molecular weight is 379 g/mol. The number of nitrogens with one attached hydrogen (secondary N) is 1. The van der Waals surface area contributed by atoms with Gasteiger partial charge < -0.3 is 10.1 Å². The molecule has 1 amide bonds. The van der Waals surface area contributed by atoms with Gasteiger partial charge in [0, 0.05) is 35.0 Å². The zero-order chi connectivity index (χ0) is 19.1. The molecule has 0 aliphatic rings. The van der Waals surface area contributed by atoms with E-state index in [-0.39, 0.29) is 5.91 Å². The molecule has 136 valence electrons. The molecule has 0 radical (unpaired) electrons. The van der Waals surface area contributed by atoms with E-state index < -0.39 is 0 Å². The van der Waals surface area contributed by atoms with Crippen LogP contribution in [0.15, 0.2) is 77.8 Å². The predicted molar refractivity (Wildman–Crippen MR) is 110 cm³/mol. The Labute approximate surface area is 163 Å². The highest BCUT2D eigenvalue weighted by molar-refractivity contribution is 6.31. The maximum Gasteiger partial charge on any atom is 0.221 e. The Morgan fingerprint density at radius 3 is 2.48 bits per heavy atom. The molecular formula is C22H19ClN2O2. The van der Waals surface area contributed by atoms with Crippen molar-refractivity contribution in [3.05, 3.63) is 88.9 Å². The van der Waals surface area contributed by atoms with Crippen LogP contribution in [0.2, 0.25) is 5.02 Å². The molecular weight excluding hydrogens is 360 g/mol. The first kappa shape index (κ1) is 18.7. The molecule has 0 fully saturated rings. The van der Waals surface area contributed by atoms with Gasteiger partial charge in [-0.2, -0.15) is 0 Å². The maximum absolute atomic E-state index is 11.1. The second kappa shape index (κ2) is 9.01. The van der Waals surface area contributed by atoms with Crippen LogP contribution in [0, 0.1) is 0 Å². The summed E-state index contributed by atoms with van der Waals surface area (Å²) in [5.41, 5.74) is 3.32. The summed E-state index contributed by atoms with van der Waals surface area (Å²) in [6, 6.07) is 22.6. The fourth-order valence-electron chi connectivity index (χ4n) is 2.47. The van der Waals surface area contributed by atoms with Crippen molar-refractivity contribution in [1.29, 1.82) is 0 Å². The quantitative estimate of drug-likeness (QED) is 0.565. The number of carbonyl (C=O) groups excluding carboxylic acids is 1. The van der Waals surface area contributed by atoms with E-state index >= 15 is 0 Å². The molecule has 3 aromatic rings. The molecule has 0 saturated heterocycles. The molecule has 0 aliphatic carbocycles. The van der Waals surface area contributed by atoms with E-state index in [1.165, 1.54) is 6.92 Å². The van der Waals surface area contributed by atoms with Gasteiger partial charge in [0.2, 0.25) is 5.91 Å². The smallest absolute Gasteiger partial charge is 0.221 e. The summed E-state index contributed by atoms with van der Waals surface area (Å²) in [7, 11) is 0. The van der Waals surface area contributed by atoms with Gasteiger partial charge in [0.05, 0.1) is 5.69 Å². The van der Waals surface area contributed by atoms with Crippen LogP contribution in [0.3, 0.4) is 0 Å². The van der Waals surface area contributed by atoms with Gasteiger partial charge in [0.15, 0.2) is 0 Å². The molecule has 0 aliphatic heterocycles. The van der Waals surface area contributed by atoms with Crippen LogP contribution in [0.25, 0.3) is 0 Å². The van der Waals surface area contributed by atoms with Crippen LogP contribution in [0.4, 0.5) is 11.4 Å². The van der Waals surface area contributed by atoms with Crippen molar-refractivity contribution in [1.82, 2.24) is 0 Å². The monoisotopic (exact) mass is 378 g/mol. The fourth-order valence-corrected chi connectivity index (χ4v) is 2.66. The fraction of sp³-hybridized carbons (Fsp3) is 0.0909. The second-order valence-corrected chi connectivity index (χ2v) is 6.31. The minimum absolute atomic E-state index is 0.101. The Balaban J connectivity index is 1.71. The van der Waals surface area contributed by atoms with E-state index in [1.807, 2.05) is 72.8 Å². The number of aliphatic imine (C=N–C) groups is 1. The van der Waals surface area contributed by atoms with Crippen LogP contribution in [0.5, 0.6) is 5.75 Å². The number of nitrogens with zero attached hydrogens (tertiary/aromatic N) is 1. The molecule has 0 aromatic heterocycles. The Bertz CT molecular complexity index is 953. The van der Waals surface area contributed by atoms with E-state index in [2.05, 4.69) is 10.3 Å². The minimum atomic E-state index is -0.101. The summed E-state index contributed by atoms with van der Waals surface area (Å²) in [6.45, 7) is 1.86. The van der Waals surface area contributed by atoms with Crippen LogP contribution in [-0.4, -0.2) is 12.1 Å². The van der Waals surface area contributed by atoms with E-state index in [0.29, 0.717) is 11.6 Å². The highest BCUT2D eigenvalue weighted by Crippen LogP contribution is 2.22. The van der Waals surface area contributed by atoms with Crippen molar-refractivity contribution in [3.8, 4) is 5.75 Å². The third-order valence-electron chi connectivity index (χ3n) is 3.80. The minimum Gasteiger partial charge on any atom is -0.488 e. The lowest BCUT2D eigenvalue weighted by Crippen LogP contribution is -2.04. The molecule has 3 aromatic carbocycles. The largest absolute Gasteiger partial charge is 0.488 e. The number of rotatable bonds is 6. The van der Waals surface area contributed by atoms with Crippen molar-refractivity contribution in [2.45, 2.75) is 13.5 Å². The lowest BCUT2D eigenvalue weighted by Gasteiger charge is -2.10. The SMILES string of the molecule is CC(=O)Nc1ccc(N=Cc2ccccc2OCc2ccccc2Cl)cc1. The molecule has 3 rings (SSSR count). The first-order chi connectivity index (χ1) is 13.1. The lowest BCUT2D eigenvalue weighted by molar-refractivity contribution is -0.114. The third-order valence-corrected chi connectivity index (χ3v) is 4.17. The number of para-hydroxylation sites is 1. The van der Waals surface area contributed by atoms with Crippen LogP contribution >= 0.6 is 11.6 Å². The van der Waals surface area contributed by atoms with Crippen molar-refractivity contribution < 1.29 is 9.53 Å². The van der Waals surface area contributed by atoms with Crippen LogP contribution < -0.4 is 10.1 Å². The van der Waals surface area contributed by atoms with Gasteiger partial charge >= 0.3 is 0 Å². The first-order valence-corrected chi connectivity index (χ1v) is 8.86. The number of halogens is 1. The molecule has 0 heterocycles. The topological polar surface area (TPSA) is 50.7 Å². The van der Waals surface area contributed by atoms with E-state index in [4.69, 9.17) is 16.3 Å². The summed E-state index contributed by atoms with van der Waals surface area (Å²) in [6.07, 6.45) is 1.76. The van der Waals surface area contributed by atoms with Crippen LogP contribution in [-0.2, 0) is 11.4 Å². The molecule has 0 atom stereocenters.